The summed E-state index contributed by atoms with van der Waals surface area (Å²) in [5, 5.41) is 4.94. The number of carbonyl (C=O) groups excluding carboxylic acids is 1. The van der Waals surface area contributed by atoms with Gasteiger partial charge in [0.25, 0.3) is 0 Å². The number of halogens is 2. The summed E-state index contributed by atoms with van der Waals surface area (Å²) < 4.78 is 2.30. The number of carbonyl (C=O) groups is 1. The van der Waals surface area contributed by atoms with Crippen LogP contribution >= 0.6 is 27.5 Å². The maximum Gasteiger partial charge on any atom is 0.239 e. The van der Waals surface area contributed by atoms with Gasteiger partial charge in [-0.1, -0.05) is 23.7 Å². The van der Waals surface area contributed by atoms with Crippen molar-refractivity contribution >= 4 is 33.4 Å². The number of hydrogen-bond acceptors (Lipinski definition) is 2. The van der Waals surface area contributed by atoms with Gasteiger partial charge in [-0.15, -0.1) is 0 Å². The largest absolute Gasteiger partial charge is 0.368 e. The van der Waals surface area contributed by atoms with Gasteiger partial charge in [0.05, 0.1) is 4.47 Å². The van der Waals surface area contributed by atoms with E-state index in [0.717, 1.165) is 15.7 Å². The van der Waals surface area contributed by atoms with Gasteiger partial charge in [-0.3, -0.25) is 9.48 Å². The molecule has 0 aliphatic carbocycles. The highest BCUT2D eigenvalue weighted by molar-refractivity contribution is 9.10. The zero-order chi connectivity index (χ0) is 12.4. The molecule has 0 bridgehead atoms. The Kier molecular flexibility index (Phi) is 3.49. The van der Waals surface area contributed by atoms with Gasteiger partial charge in [-0.2, -0.15) is 5.10 Å². The molecule has 6 heteroatoms. The fourth-order valence-electron chi connectivity index (χ4n) is 1.44. The summed E-state index contributed by atoms with van der Waals surface area (Å²) in [4.78, 5) is 10.8. The zero-order valence-corrected chi connectivity index (χ0v) is 11.1. The second-order valence-electron chi connectivity index (χ2n) is 3.50. The van der Waals surface area contributed by atoms with E-state index in [4.69, 9.17) is 17.3 Å². The van der Waals surface area contributed by atoms with Crippen LogP contribution in [0.5, 0.6) is 0 Å². The van der Waals surface area contributed by atoms with Gasteiger partial charge in [0.15, 0.2) is 0 Å². The topological polar surface area (TPSA) is 60.9 Å². The van der Waals surface area contributed by atoms with Crippen LogP contribution in [0.15, 0.2) is 34.9 Å². The van der Waals surface area contributed by atoms with Crippen LogP contribution in [0.3, 0.4) is 0 Å². The number of nitrogens with two attached hydrogens (primary N) is 1. The third-order valence-electron chi connectivity index (χ3n) is 2.15. The van der Waals surface area contributed by atoms with Crippen LogP contribution in [0.25, 0.3) is 11.3 Å². The Morgan fingerprint density at radius 2 is 2.06 bits per heavy atom. The van der Waals surface area contributed by atoms with Crippen LogP contribution < -0.4 is 5.73 Å². The molecule has 1 aromatic heterocycles. The molecule has 88 valence electrons. The van der Waals surface area contributed by atoms with Crippen molar-refractivity contribution in [3.63, 3.8) is 0 Å². The quantitative estimate of drug-likeness (QED) is 0.946. The van der Waals surface area contributed by atoms with Gasteiger partial charge in [0.2, 0.25) is 5.91 Å². The number of primary amides is 1. The minimum atomic E-state index is -0.428. The minimum absolute atomic E-state index is 0.0617. The average molecular weight is 315 g/mol. The summed E-state index contributed by atoms with van der Waals surface area (Å²) in [5.74, 6) is -0.428. The maximum atomic E-state index is 10.8. The molecule has 0 radical (unpaired) electrons. The number of aromatic nitrogens is 2. The zero-order valence-electron chi connectivity index (χ0n) is 8.73. The first-order valence-corrected chi connectivity index (χ1v) is 6.00. The Hall–Kier alpha value is -1.33. The molecule has 0 fully saturated rings. The number of hydrogen-bond donors (Lipinski definition) is 1. The highest BCUT2D eigenvalue weighted by atomic mass is 79.9. The summed E-state index contributed by atoms with van der Waals surface area (Å²) in [6.45, 7) is 0.0617. The summed E-state index contributed by atoms with van der Waals surface area (Å²) in [5.41, 5.74) is 6.78. The highest BCUT2D eigenvalue weighted by Crippen LogP contribution is 2.27. The van der Waals surface area contributed by atoms with Crippen molar-refractivity contribution in [2.45, 2.75) is 6.54 Å². The summed E-state index contributed by atoms with van der Waals surface area (Å²) in [6, 6.07) is 7.31. The predicted molar refractivity (Wildman–Crippen MR) is 69.6 cm³/mol. The molecule has 0 saturated carbocycles. The van der Waals surface area contributed by atoms with Gasteiger partial charge < -0.3 is 5.73 Å². The van der Waals surface area contributed by atoms with E-state index < -0.39 is 5.91 Å². The van der Waals surface area contributed by atoms with Crippen LogP contribution in [-0.2, 0) is 11.3 Å². The fourth-order valence-corrected chi connectivity index (χ4v) is 2.11. The van der Waals surface area contributed by atoms with E-state index in [1.807, 2.05) is 12.1 Å². The predicted octanol–water partition coefficient (Wildman–Crippen LogP) is 2.45. The Bertz CT molecular complexity index is 550. The lowest BCUT2D eigenvalue weighted by Crippen LogP contribution is -2.18. The molecule has 2 N–H and O–H groups in total. The molecule has 1 aromatic carbocycles. The van der Waals surface area contributed by atoms with E-state index in [2.05, 4.69) is 21.0 Å². The highest BCUT2D eigenvalue weighted by Gasteiger charge is 2.09. The van der Waals surface area contributed by atoms with E-state index in [-0.39, 0.29) is 6.54 Å². The van der Waals surface area contributed by atoms with Crippen molar-refractivity contribution < 1.29 is 4.79 Å². The minimum Gasteiger partial charge on any atom is -0.368 e. The van der Waals surface area contributed by atoms with Gasteiger partial charge >= 0.3 is 0 Å². The lowest BCUT2D eigenvalue weighted by molar-refractivity contribution is -0.118. The van der Waals surface area contributed by atoms with Crippen molar-refractivity contribution in [1.82, 2.24) is 9.78 Å². The Morgan fingerprint density at radius 3 is 2.65 bits per heavy atom. The smallest absolute Gasteiger partial charge is 0.239 e. The molecule has 0 aliphatic heterocycles. The molecule has 0 saturated heterocycles. The number of benzene rings is 1. The fraction of sp³-hybridized carbons (Fsp3) is 0.0909. The molecule has 4 nitrogen and oxygen atoms in total. The standard InChI is InChI=1S/C11H9BrClN3O/c12-9-5-16(6-10(14)17)15-11(9)7-1-3-8(13)4-2-7/h1-5H,6H2,(H2,14,17). The molecule has 17 heavy (non-hydrogen) atoms. The van der Waals surface area contributed by atoms with Crippen LogP contribution in [0.2, 0.25) is 5.02 Å². The number of rotatable bonds is 3. The Morgan fingerprint density at radius 1 is 1.41 bits per heavy atom. The molecular formula is C11H9BrClN3O. The average Bonchev–Trinajstić information content (AvgIpc) is 2.59. The van der Waals surface area contributed by atoms with E-state index in [0.29, 0.717) is 5.02 Å². The van der Waals surface area contributed by atoms with Crippen LogP contribution in [0.4, 0.5) is 0 Å². The molecule has 0 unspecified atom stereocenters. The monoisotopic (exact) mass is 313 g/mol. The van der Waals surface area contributed by atoms with Gasteiger partial charge in [-0.25, -0.2) is 0 Å². The van der Waals surface area contributed by atoms with Gasteiger partial charge in [0.1, 0.15) is 12.2 Å². The van der Waals surface area contributed by atoms with Crippen LogP contribution in [0, 0.1) is 0 Å². The van der Waals surface area contributed by atoms with E-state index in [1.54, 1.807) is 18.3 Å². The normalized spacial score (nSPS) is 10.5. The van der Waals surface area contributed by atoms with E-state index in [9.17, 15) is 4.79 Å². The van der Waals surface area contributed by atoms with E-state index >= 15 is 0 Å². The Balaban J connectivity index is 2.35. The Labute approximate surface area is 111 Å². The third-order valence-corrected chi connectivity index (χ3v) is 2.98. The first kappa shape index (κ1) is 12.1. The second kappa shape index (κ2) is 4.89. The molecule has 2 rings (SSSR count). The van der Waals surface area contributed by atoms with Crippen LogP contribution in [-0.4, -0.2) is 15.7 Å². The van der Waals surface area contributed by atoms with Crippen molar-refractivity contribution in [2.24, 2.45) is 5.73 Å². The van der Waals surface area contributed by atoms with E-state index in [1.165, 1.54) is 4.68 Å². The SMILES string of the molecule is NC(=O)Cn1cc(Br)c(-c2ccc(Cl)cc2)n1. The van der Waals surface area contributed by atoms with Crippen molar-refractivity contribution in [3.05, 3.63) is 40.0 Å². The summed E-state index contributed by atoms with van der Waals surface area (Å²) in [6.07, 6.45) is 1.72. The first-order chi connectivity index (χ1) is 8.06. The first-order valence-electron chi connectivity index (χ1n) is 4.83. The molecule has 0 atom stereocenters. The molecule has 2 aromatic rings. The van der Waals surface area contributed by atoms with Crippen molar-refractivity contribution in [2.75, 3.05) is 0 Å². The number of amides is 1. The summed E-state index contributed by atoms with van der Waals surface area (Å²) >= 11 is 9.21. The third kappa shape index (κ3) is 2.87. The maximum absolute atomic E-state index is 10.8. The van der Waals surface area contributed by atoms with Crippen molar-refractivity contribution in [3.8, 4) is 11.3 Å². The molecule has 1 amide bonds. The molecule has 0 spiro atoms. The molecular weight excluding hydrogens is 305 g/mol. The molecule has 0 aliphatic rings. The lowest BCUT2D eigenvalue weighted by atomic mass is 10.2. The van der Waals surface area contributed by atoms with Crippen molar-refractivity contribution in [1.29, 1.82) is 0 Å². The molecule has 1 heterocycles. The van der Waals surface area contributed by atoms with Gasteiger partial charge in [0, 0.05) is 16.8 Å². The van der Waals surface area contributed by atoms with Crippen LogP contribution in [0.1, 0.15) is 0 Å². The second-order valence-corrected chi connectivity index (χ2v) is 4.79. The summed E-state index contributed by atoms with van der Waals surface area (Å²) in [7, 11) is 0. The number of nitrogens with zero attached hydrogens (tertiary/aromatic N) is 2. The van der Waals surface area contributed by atoms with Gasteiger partial charge in [-0.05, 0) is 28.1 Å². The lowest BCUT2D eigenvalue weighted by Gasteiger charge is -1.98.